The van der Waals surface area contributed by atoms with E-state index in [1.54, 1.807) is 6.20 Å². The highest BCUT2D eigenvalue weighted by Gasteiger charge is 2.19. The minimum absolute atomic E-state index is 0.702. The second-order valence-corrected chi connectivity index (χ2v) is 12.1. The zero-order valence-electron chi connectivity index (χ0n) is 25.7. The number of fused-ring (bicyclic) bond motifs is 9. The Balaban J connectivity index is 1.23. The first-order valence-corrected chi connectivity index (χ1v) is 16.0. The normalized spacial score (nSPS) is 11.8. The zero-order valence-corrected chi connectivity index (χ0v) is 25.7. The Kier molecular flexibility index (Phi) is 5.81. The molecule has 5 heteroatoms. The molecular formula is C43H26N4O. The van der Waals surface area contributed by atoms with Crippen LogP contribution in [0.15, 0.2) is 162 Å². The largest absolute Gasteiger partial charge is 0.455 e. The SMILES string of the molecule is c1ccc(-c2cc(-c3ccccc3)nc(-c3cncc(-n4c5ccccc5c5ccc6c(ccc7c8ccccc8oc76)c54)n3)c2)cc1. The van der Waals surface area contributed by atoms with E-state index in [1.807, 2.05) is 42.6 Å². The summed E-state index contributed by atoms with van der Waals surface area (Å²) < 4.78 is 8.69. The van der Waals surface area contributed by atoms with Crippen molar-refractivity contribution in [2.45, 2.75) is 0 Å². The third kappa shape index (κ3) is 4.08. The zero-order chi connectivity index (χ0) is 31.6. The molecule has 4 heterocycles. The van der Waals surface area contributed by atoms with Gasteiger partial charge in [-0.05, 0) is 47.5 Å². The molecule has 4 aromatic heterocycles. The summed E-state index contributed by atoms with van der Waals surface area (Å²) in [7, 11) is 0. The summed E-state index contributed by atoms with van der Waals surface area (Å²) in [5.74, 6) is 0.726. The number of pyridine rings is 1. The molecule has 224 valence electrons. The quantitative estimate of drug-likeness (QED) is 0.198. The second kappa shape index (κ2) is 10.5. The molecule has 0 fully saturated rings. The number of benzene rings is 6. The third-order valence-electron chi connectivity index (χ3n) is 9.29. The van der Waals surface area contributed by atoms with Gasteiger partial charge in [0.2, 0.25) is 0 Å². The summed E-state index contributed by atoms with van der Waals surface area (Å²) in [5.41, 5.74) is 9.50. The third-order valence-corrected chi connectivity index (χ3v) is 9.29. The molecule has 10 aromatic rings. The molecule has 0 spiro atoms. The predicted octanol–water partition coefficient (Wildman–Crippen LogP) is 11.0. The van der Waals surface area contributed by atoms with Crippen LogP contribution in [0, 0.1) is 0 Å². The average molecular weight is 615 g/mol. The summed E-state index contributed by atoms with van der Waals surface area (Å²) in [6, 6.07) is 50.4. The van der Waals surface area contributed by atoms with Crippen molar-refractivity contribution in [1.82, 2.24) is 19.5 Å². The van der Waals surface area contributed by atoms with Gasteiger partial charge in [-0.25, -0.2) is 9.97 Å². The molecule has 0 N–H and O–H groups in total. The maximum absolute atomic E-state index is 6.46. The van der Waals surface area contributed by atoms with Crippen molar-refractivity contribution in [3.8, 4) is 39.6 Å². The van der Waals surface area contributed by atoms with E-state index in [0.717, 1.165) is 88.4 Å². The molecule has 0 saturated carbocycles. The lowest BCUT2D eigenvalue weighted by Crippen LogP contribution is -2.01. The molecule has 0 amide bonds. The van der Waals surface area contributed by atoms with E-state index in [0.29, 0.717) is 5.69 Å². The van der Waals surface area contributed by atoms with E-state index in [-0.39, 0.29) is 0 Å². The van der Waals surface area contributed by atoms with E-state index < -0.39 is 0 Å². The molecule has 0 saturated heterocycles. The Labute approximate surface area is 275 Å². The summed E-state index contributed by atoms with van der Waals surface area (Å²) in [6.45, 7) is 0. The molecular weight excluding hydrogens is 589 g/mol. The monoisotopic (exact) mass is 614 g/mol. The lowest BCUT2D eigenvalue weighted by Gasteiger charge is -2.12. The standard InChI is InChI=1S/C43H26N4O/c1-3-11-27(12-4-1)29-23-36(28-13-5-2-6-14-28)45-37(24-29)38-25-44-26-41(46-38)47-39-17-9-7-15-30(39)32-19-22-35-33(42(32)47)20-21-34-31-16-8-10-18-40(31)48-43(34)35/h1-26H. The van der Waals surface area contributed by atoms with Gasteiger partial charge in [0.25, 0.3) is 0 Å². The highest BCUT2D eigenvalue weighted by molar-refractivity contribution is 6.24. The van der Waals surface area contributed by atoms with Crippen molar-refractivity contribution in [3.63, 3.8) is 0 Å². The van der Waals surface area contributed by atoms with Crippen LogP contribution < -0.4 is 0 Å². The first-order chi connectivity index (χ1) is 23.8. The van der Waals surface area contributed by atoms with Crippen LogP contribution >= 0.6 is 0 Å². The summed E-state index contributed by atoms with van der Waals surface area (Å²) in [5, 5.41) is 6.69. The number of furan rings is 1. The molecule has 0 aliphatic carbocycles. The Hall–Kier alpha value is -6.59. The van der Waals surface area contributed by atoms with E-state index in [1.165, 1.54) is 0 Å². The topological polar surface area (TPSA) is 56.7 Å². The molecule has 6 aromatic carbocycles. The fourth-order valence-corrected chi connectivity index (χ4v) is 7.09. The number of aromatic nitrogens is 4. The van der Waals surface area contributed by atoms with Crippen LogP contribution in [-0.2, 0) is 0 Å². The van der Waals surface area contributed by atoms with Crippen LogP contribution in [-0.4, -0.2) is 19.5 Å². The number of para-hydroxylation sites is 2. The van der Waals surface area contributed by atoms with Crippen molar-refractivity contribution in [1.29, 1.82) is 0 Å². The van der Waals surface area contributed by atoms with Gasteiger partial charge in [-0.2, -0.15) is 0 Å². The molecule has 0 aliphatic rings. The minimum Gasteiger partial charge on any atom is -0.455 e. The van der Waals surface area contributed by atoms with Crippen molar-refractivity contribution in [2.75, 3.05) is 0 Å². The first-order valence-electron chi connectivity index (χ1n) is 16.0. The Morgan fingerprint density at radius 3 is 1.88 bits per heavy atom. The highest BCUT2D eigenvalue weighted by Crippen LogP contribution is 2.41. The van der Waals surface area contributed by atoms with Crippen LogP contribution in [0.5, 0.6) is 0 Å². The van der Waals surface area contributed by atoms with E-state index in [2.05, 4.69) is 114 Å². The predicted molar refractivity (Wildman–Crippen MR) is 195 cm³/mol. The smallest absolute Gasteiger partial charge is 0.156 e. The fourth-order valence-electron chi connectivity index (χ4n) is 7.09. The summed E-state index contributed by atoms with van der Waals surface area (Å²) >= 11 is 0. The van der Waals surface area contributed by atoms with Gasteiger partial charge >= 0.3 is 0 Å². The first kappa shape index (κ1) is 26.6. The van der Waals surface area contributed by atoms with Gasteiger partial charge in [0, 0.05) is 37.9 Å². The van der Waals surface area contributed by atoms with Gasteiger partial charge in [-0.1, -0.05) is 109 Å². The van der Waals surface area contributed by atoms with Crippen molar-refractivity contribution in [2.24, 2.45) is 0 Å². The lowest BCUT2D eigenvalue weighted by atomic mass is 10.0. The van der Waals surface area contributed by atoms with Gasteiger partial charge in [0.05, 0.1) is 34.8 Å². The van der Waals surface area contributed by atoms with Crippen molar-refractivity contribution >= 4 is 54.5 Å². The van der Waals surface area contributed by atoms with Crippen LogP contribution in [0.3, 0.4) is 0 Å². The van der Waals surface area contributed by atoms with Gasteiger partial charge in [0.1, 0.15) is 16.9 Å². The van der Waals surface area contributed by atoms with Crippen molar-refractivity contribution < 1.29 is 4.42 Å². The Bertz CT molecular complexity index is 2780. The Morgan fingerprint density at radius 1 is 0.438 bits per heavy atom. The Morgan fingerprint density at radius 2 is 1.06 bits per heavy atom. The molecule has 10 rings (SSSR count). The van der Waals surface area contributed by atoms with Crippen LogP contribution in [0.4, 0.5) is 0 Å². The van der Waals surface area contributed by atoms with Gasteiger partial charge < -0.3 is 4.42 Å². The maximum Gasteiger partial charge on any atom is 0.156 e. The number of hydrogen-bond acceptors (Lipinski definition) is 4. The average Bonchev–Trinajstić information content (AvgIpc) is 3.72. The van der Waals surface area contributed by atoms with E-state index >= 15 is 0 Å². The number of hydrogen-bond donors (Lipinski definition) is 0. The number of rotatable bonds is 4. The summed E-state index contributed by atoms with van der Waals surface area (Å²) in [6.07, 6.45) is 3.65. The number of nitrogens with zero attached hydrogens (tertiary/aromatic N) is 4. The summed E-state index contributed by atoms with van der Waals surface area (Å²) in [4.78, 5) is 15.2. The van der Waals surface area contributed by atoms with Crippen LogP contribution in [0.25, 0.3) is 94.1 Å². The molecule has 48 heavy (non-hydrogen) atoms. The van der Waals surface area contributed by atoms with Gasteiger partial charge in [-0.15, -0.1) is 0 Å². The van der Waals surface area contributed by atoms with Crippen LogP contribution in [0.1, 0.15) is 0 Å². The van der Waals surface area contributed by atoms with Gasteiger partial charge in [0.15, 0.2) is 5.82 Å². The van der Waals surface area contributed by atoms with E-state index in [9.17, 15) is 0 Å². The molecule has 0 aliphatic heterocycles. The fraction of sp³-hybridized carbons (Fsp3) is 0. The second-order valence-electron chi connectivity index (χ2n) is 12.1. The molecule has 0 unspecified atom stereocenters. The van der Waals surface area contributed by atoms with Crippen LogP contribution in [0.2, 0.25) is 0 Å². The molecule has 0 bridgehead atoms. The maximum atomic E-state index is 6.46. The van der Waals surface area contributed by atoms with E-state index in [4.69, 9.17) is 19.4 Å². The highest BCUT2D eigenvalue weighted by atomic mass is 16.3. The molecule has 5 nitrogen and oxygen atoms in total. The van der Waals surface area contributed by atoms with Gasteiger partial charge in [-0.3, -0.25) is 9.55 Å². The molecule has 0 atom stereocenters. The van der Waals surface area contributed by atoms with Crippen molar-refractivity contribution in [3.05, 3.63) is 158 Å². The lowest BCUT2D eigenvalue weighted by molar-refractivity contribution is 0.672. The molecule has 0 radical (unpaired) electrons. The minimum atomic E-state index is 0.702.